The molecule has 1 atom stereocenters. The molecule has 0 spiro atoms. The summed E-state index contributed by atoms with van der Waals surface area (Å²) in [5.74, 6) is 1.70. The van der Waals surface area contributed by atoms with Crippen molar-refractivity contribution in [3.05, 3.63) is 65.7 Å². The van der Waals surface area contributed by atoms with Gasteiger partial charge in [-0.25, -0.2) is 0 Å². The van der Waals surface area contributed by atoms with E-state index in [1.54, 1.807) is 7.11 Å². The summed E-state index contributed by atoms with van der Waals surface area (Å²) in [7, 11) is 5.66. The molecule has 2 aromatic carbocycles. The van der Waals surface area contributed by atoms with Crippen molar-refractivity contribution in [2.24, 2.45) is 4.99 Å². The van der Waals surface area contributed by atoms with Crippen molar-refractivity contribution < 1.29 is 9.47 Å². The summed E-state index contributed by atoms with van der Waals surface area (Å²) >= 11 is 0. The zero-order chi connectivity index (χ0) is 22.6. The molecule has 2 N–H and O–H groups in total. The highest BCUT2D eigenvalue weighted by Crippen LogP contribution is 2.23. The zero-order valence-corrected chi connectivity index (χ0v) is 19.6. The molecule has 1 unspecified atom stereocenters. The minimum Gasteiger partial charge on any atom is -0.497 e. The van der Waals surface area contributed by atoms with E-state index in [9.17, 15) is 0 Å². The standard InChI is InChI=1S/C25H37N5O2/c1-26-25(27-13-14-29(2)20-21-7-5-4-6-8-21)28-19-24(30-15-17-32-18-16-30)22-9-11-23(31-3)12-10-22/h4-12,24H,13-20H2,1-3H3,(H2,26,27,28). The molecular formula is C25H37N5O2. The monoisotopic (exact) mass is 439 g/mol. The number of guanidine groups is 1. The van der Waals surface area contributed by atoms with Crippen LogP contribution in [0.1, 0.15) is 17.2 Å². The summed E-state index contributed by atoms with van der Waals surface area (Å²) in [5.41, 5.74) is 2.59. The Balaban J connectivity index is 1.51. The van der Waals surface area contributed by atoms with Gasteiger partial charge >= 0.3 is 0 Å². The van der Waals surface area contributed by atoms with Crippen LogP contribution < -0.4 is 15.4 Å². The van der Waals surface area contributed by atoms with Gasteiger partial charge in [-0.05, 0) is 30.3 Å². The van der Waals surface area contributed by atoms with Gasteiger partial charge in [0.2, 0.25) is 0 Å². The Kier molecular flexibility index (Phi) is 9.81. The van der Waals surface area contributed by atoms with Gasteiger partial charge in [0.1, 0.15) is 5.75 Å². The van der Waals surface area contributed by atoms with Crippen molar-refractivity contribution in [1.82, 2.24) is 20.4 Å². The second kappa shape index (κ2) is 13.1. The van der Waals surface area contributed by atoms with Crippen LogP contribution in [0.4, 0.5) is 0 Å². The molecule has 7 nitrogen and oxygen atoms in total. The average Bonchev–Trinajstić information content (AvgIpc) is 2.84. The Bertz CT molecular complexity index is 807. The van der Waals surface area contributed by atoms with Gasteiger partial charge in [0.25, 0.3) is 0 Å². The Hall–Kier alpha value is -2.61. The van der Waals surface area contributed by atoms with Crippen molar-refractivity contribution in [2.75, 3.05) is 67.1 Å². The summed E-state index contributed by atoms with van der Waals surface area (Å²) in [6.07, 6.45) is 0. The third-order valence-electron chi connectivity index (χ3n) is 5.75. The molecule has 1 heterocycles. The van der Waals surface area contributed by atoms with Crippen LogP contribution in [0.25, 0.3) is 0 Å². The number of nitrogens with one attached hydrogen (secondary N) is 2. The zero-order valence-electron chi connectivity index (χ0n) is 19.6. The molecule has 0 amide bonds. The van der Waals surface area contributed by atoms with E-state index in [2.05, 4.69) is 74.9 Å². The number of rotatable bonds is 10. The van der Waals surface area contributed by atoms with Gasteiger partial charge in [-0.3, -0.25) is 9.89 Å². The lowest BCUT2D eigenvalue weighted by atomic mass is 10.0. The molecule has 32 heavy (non-hydrogen) atoms. The van der Waals surface area contributed by atoms with Gasteiger partial charge in [-0.1, -0.05) is 42.5 Å². The van der Waals surface area contributed by atoms with E-state index in [1.807, 2.05) is 19.2 Å². The van der Waals surface area contributed by atoms with Gasteiger partial charge in [-0.2, -0.15) is 0 Å². The number of hydrogen-bond donors (Lipinski definition) is 2. The first-order chi connectivity index (χ1) is 15.7. The highest BCUT2D eigenvalue weighted by Gasteiger charge is 2.23. The van der Waals surface area contributed by atoms with Crippen LogP contribution in [0.2, 0.25) is 0 Å². The van der Waals surface area contributed by atoms with Crippen molar-refractivity contribution in [3.63, 3.8) is 0 Å². The van der Waals surface area contributed by atoms with Gasteiger partial charge in [-0.15, -0.1) is 0 Å². The third kappa shape index (κ3) is 7.51. The van der Waals surface area contributed by atoms with Gasteiger partial charge in [0.05, 0.1) is 26.4 Å². The van der Waals surface area contributed by atoms with E-state index in [-0.39, 0.29) is 6.04 Å². The molecule has 3 rings (SSSR count). The highest BCUT2D eigenvalue weighted by atomic mass is 16.5. The van der Waals surface area contributed by atoms with Gasteiger partial charge in [0.15, 0.2) is 5.96 Å². The second-order valence-electron chi connectivity index (χ2n) is 8.04. The number of hydrogen-bond acceptors (Lipinski definition) is 5. The van der Waals surface area contributed by atoms with Crippen LogP contribution in [0, 0.1) is 0 Å². The normalized spacial score (nSPS) is 16.1. The largest absolute Gasteiger partial charge is 0.497 e. The first-order valence-corrected chi connectivity index (χ1v) is 11.3. The molecule has 0 radical (unpaired) electrons. The van der Waals surface area contributed by atoms with Crippen LogP contribution in [-0.2, 0) is 11.3 Å². The Morgan fingerprint density at radius 1 is 1.09 bits per heavy atom. The molecular weight excluding hydrogens is 402 g/mol. The lowest BCUT2D eigenvalue weighted by molar-refractivity contribution is 0.0170. The average molecular weight is 440 g/mol. The van der Waals surface area contributed by atoms with Crippen LogP contribution in [-0.4, -0.2) is 82.9 Å². The molecule has 7 heteroatoms. The predicted molar refractivity (Wildman–Crippen MR) is 130 cm³/mol. The smallest absolute Gasteiger partial charge is 0.191 e. The molecule has 174 valence electrons. The second-order valence-corrected chi connectivity index (χ2v) is 8.04. The van der Waals surface area contributed by atoms with Gasteiger partial charge in [0, 0.05) is 46.3 Å². The SMILES string of the molecule is CN=C(NCCN(C)Cc1ccccc1)NCC(c1ccc(OC)cc1)N1CCOCC1. The van der Waals surface area contributed by atoms with E-state index in [0.717, 1.165) is 64.2 Å². The third-order valence-corrected chi connectivity index (χ3v) is 5.75. The molecule has 0 aliphatic carbocycles. The molecule has 0 bridgehead atoms. The summed E-state index contributed by atoms with van der Waals surface area (Å²) in [6, 6.07) is 19.1. The first kappa shape index (κ1) is 24.0. The number of likely N-dealkylation sites (N-methyl/N-ethyl adjacent to an activating group) is 1. The Morgan fingerprint density at radius 3 is 2.47 bits per heavy atom. The molecule has 1 fully saturated rings. The topological polar surface area (TPSA) is 61.4 Å². The molecule has 0 aromatic heterocycles. The summed E-state index contributed by atoms with van der Waals surface area (Å²) in [5, 5.41) is 6.97. The fourth-order valence-electron chi connectivity index (χ4n) is 3.93. The molecule has 1 aliphatic heterocycles. The summed E-state index contributed by atoms with van der Waals surface area (Å²) in [4.78, 5) is 9.20. The highest BCUT2D eigenvalue weighted by molar-refractivity contribution is 5.79. The van der Waals surface area contributed by atoms with Gasteiger partial charge < -0.3 is 25.0 Å². The fourth-order valence-corrected chi connectivity index (χ4v) is 3.93. The quantitative estimate of drug-likeness (QED) is 0.438. The number of nitrogens with zero attached hydrogens (tertiary/aromatic N) is 3. The Labute approximate surface area is 192 Å². The molecule has 1 saturated heterocycles. The molecule has 2 aromatic rings. The number of ether oxygens (including phenoxy) is 2. The lowest BCUT2D eigenvalue weighted by Crippen LogP contribution is -2.47. The summed E-state index contributed by atoms with van der Waals surface area (Å²) in [6.45, 7) is 6.86. The minimum absolute atomic E-state index is 0.240. The maximum absolute atomic E-state index is 5.56. The Morgan fingerprint density at radius 2 is 1.81 bits per heavy atom. The van der Waals surface area contributed by atoms with E-state index in [0.29, 0.717) is 0 Å². The van der Waals surface area contributed by atoms with Crippen molar-refractivity contribution in [1.29, 1.82) is 0 Å². The molecule has 1 aliphatic rings. The van der Waals surface area contributed by atoms with E-state index in [1.165, 1.54) is 11.1 Å². The van der Waals surface area contributed by atoms with E-state index in [4.69, 9.17) is 9.47 Å². The van der Waals surface area contributed by atoms with Crippen LogP contribution in [0.5, 0.6) is 5.75 Å². The summed E-state index contributed by atoms with van der Waals surface area (Å²) < 4.78 is 10.9. The maximum Gasteiger partial charge on any atom is 0.191 e. The van der Waals surface area contributed by atoms with Crippen molar-refractivity contribution >= 4 is 5.96 Å². The first-order valence-electron chi connectivity index (χ1n) is 11.3. The number of aliphatic imine (C=N–C) groups is 1. The number of benzene rings is 2. The number of morpholine rings is 1. The maximum atomic E-state index is 5.56. The minimum atomic E-state index is 0.240. The predicted octanol–water partition coefficient (Wildman–Crippen LogP) is 2.37. The van der Waals surface area contributed by atoms with Crippen LogP contribution >= 0.6 is 0 Å². The number of methoxy groups -OCH3 is 1. The molecule has 0 saturated carbocycles. The van der Waals surface area contributed by atoms with E-state index < -0.39 is 0 Å². The van der Waals surface area contributed by atoms with Crippen molar-refractivity contribution in [2.45, 2.75) is 12.6 Å². The van der Waals surface area contributed by atoms with Crippen molar-refractivity contribution in [3.8, 4) is 5.75 Å². The fraction of sp³-hybridized carbons (Fsp3) is 0.480. The van der Waals surface area contributed by atoms with E-state index >= 15 is 0 Å². The van der Waals surface area contributed by atoms with Crippen LogP contribution in [0.15, 0.2) is 59.6 Å². The lowest BCUT2D eigenvalue weighted by Gasteiger charge is -2.35. The van der Waals surface area contributed by atoms with Crippen LogP contribution in [0.3, 0.4) is 0 Å².